The average Bonchev–Trinajstić information content (AvgIpc) is 2.88. The van der Waals surface area contributed by atoms with E-state index in [9.17, 15) is 14.4 Å². The lowest BCUT2D eigenvalue weighted by Crippen LogP contribution is -2.31. The van der Waals surface area contributed by atoms with Crippen molar-refractivity contribution in [2.45, 2.75) is 38.6 Å². The molecule has 2 aliphatic rings. The zero-order valence-corrected chi connectivity index (χ0v) is 15.7. The fraction of sp³-hybridized carbons (Fsp3) is 0.550. The van der Waals surface area contributed by atoms with E-state index in [0.29, 0.717) is 12.1 Å². The van der Waals surface area contributed by atoms with Gasteiger partial charge in [-0.25, -0.2) is 4.79 Å². The van der Waals surface area contributed by atoms with Crippen molar-refractivity contribution in [2.75, 3.05) is 32.7 Å². The number of carbonyl (C=O) groups is 3. The maximum absolute atomic E-state index is 12.3. The molecular formula is C20H28N4O3. The number of nitrogens with one attached hydrogen (secondary N) is 2. The van der Waals surface area contributed by atoms with Crippen molar-refractivity contribution in [1.82, 2.24) is 20.4 Å². The van der Waals surface area contributed by atoms with Crippen LogP contribution >= 0.6 is 0 Å². The van der Waals surface area contributed by atoms with E-state index in [1.54, 1.807) is 24.3 Å². The summed E-state index contributed by atoms with van der Waals surface area (Å²) in [6.07, 6.45) is 6.18. The Bertz CT molecular complexity index is 650. The highest BCUT2D eigenvalue weighted by atomic mass is 16.2. The molecule has 0 radical (unpaired) electrons. The highest BCUT2D eigenvalue weighted by molar-refractivity contribution is 6.01. The lowest BCUT2D eigenvalue weighted by molar-refractivity contribution is -0.125. The zero-order chi connectivity index (χ0) is 19.1. The molecule has 0 unspecified atom stereocenters. The second-order valence-electron chi connectivity index (χ2n) is 7.20. The lowest BCUT2D eigenvalue weighted by Gasteiger charge is -2.19. The number of carbonyl (C=O) groups excluding carboxylic acids is 3. The molecule has 7 heteroatoms. The van der Waals surface area contributed by atoms with Crippen LogP contribution in [0, 0.1) is 0 Å². The molecule has 0 spiro atoms. The minimum absolute atomic E-state index is 0.0523. The first-order valence-corrected chi connectivity index (χ1v) is 9.81. The van der Waals surface area contributed by atoms with E-state index < -0.39 is 0 Å². The Labute approximate surface area is 160 Å². The molecule has 4 amide bonds. The summed E-state index contributed by atoms with van der Waals surface area (Å²) in [6.45, 7) is 4.32. The Kier molecular flexibility index (Phi) is 6.81. The maximum Gasteiger partial charge on any atom is 0.324 e. The third kappa shape index (κ3) is 5.53. The van der Waals surface area contributed by atoms with Crippen molar-refractivity contribution >= 4 is 17.8 Å². The minimum Gasteiger partial charge on any atom is -0.352 e. The molecule has 2 N–H and O–H groups in total. The summed E-state index contributed by atoms with van der Waals surface area (Å²) in [4.78, 5) is 39.1. The largest absolute Gasteiger partial charge is 0.352 e. The molecule has 2 aliphatic heterocycles. The van der Waals surface area contributed by atoms with Crippen molar-refractivity contribution in [3.8, 4) is 0 Å². The molecule has 2 fully saturated rings. The van der Waals surface area contributed by atoms with E-state index in [2.05, 4.69) is 15.5 Å². The summed E-state index contributed by atoms with van der Waals surface area (Å²) >= 11 is 0. The zero-order valence-electron chi connectivity index (χ0n) is 15.7. The predicted octanol–water partition coefficient (Wildman–Crippen LogP) is 1.73. The van der Waals surface area contributed by atoms with E-state index in [1.807, 2.05) is 0 Å². The van der Waals surface area contributed by atoms with E-state index in [1.165, 1.54) is 43.7 Å². The molecule has 1 aromatic carbocycles. The molecule has 0 bridgehead atoms. The number of imide groups is 1. The summed E-state index contributed by atoms with van der Waals surface area (Å²) in [5.74, 6) is -0.321. The van der Waals surface area contributed by atoms with Gasteiger partial charge in [0.05, 0.1) is 13.1 Å². The van der Waals surface area contributed by atoms with Gasteiger partial charge in [0, 0.05) is 12.1 Å². The van der Waals surface area contributed by atoms with Crippen LogP contribution in [0.2, 0.25) is 0 Å². The van der Waals surface area contributed by atoms with Gasteiger partial charge in [-0.15, -0.1) is 0 Å². The molecular weight excluding hydrogens is 344 g/mol. The van der Waals surface area contributed by atoms with Crippen LogP contribution < -0.4 is 10.6 Å². The van der Waals surface area contributed by atoms with Gasteiger partial charge >= 0.3 is 6.03 Å². The number of nitrogens with zero attached hydrogens (tertiary/aromatic N) is 2. The van der Waals surface area contributed by atoms with E-state index in [-0.39, 0.29) is 30.9 Å². The van der Waals surface area contributed by atoms with Gasteiger partial charge in [0.1, 0.15) is 0 Å². The molecule has 1 aromatic rings. The Morgan fingerprint density at radius 3 is 2.37 bits per heavy atom. The molecule has 0 atom stereocenters. The van der Waals surface area contributed by atoms with Crippen LogP contribution in [-0.4, -0.2) is 60.4 Å². The summed E-state index contributed by atoms with van der Waals surface area (Å²) in [5, 5.41) is 5.46. The molecule has 0 aromatic heterocycles. The molecule has 7 nitrogen and oxygen atoms in total. The van der Waals surface area contributed by atoms with Gasteiger partial charge < -0.3 is 15.5 Å². The second-order valence-corrected chi connectivity index (χ2v) is 7.20. The highest BCUT2D eigenvalue weighted by Gasteiger charge is 2.28. The monoisotopic (exact) mass is 372 g/mol. The highest BCUT2D eigenvalue weighted by Crippen LogP contribution is 2.11. The third-order valence-electron chi connectivity index (χ3n) is 5.13. The number of likely N-dealkylation sites (tertiary alicyclic amines) is 1. The van der Waals surface area contributed by atoms with Gasteiger partial charge in [-0.2, -0.15) is 0 Å². The van der Waals surface area contributed by atoms with Gasteiger partial charge in [0.25, 0.3) is 5.91 Å². The summed E-state index contributed by atoms with van der Waals surface area (Å²) in [6, 6.07) is 6.66. The summed E-state index contributed by atoms with van der Waals surface area (Å²) in [7, 11) is 0. The van der Waals surface area contributed by atoms with Crippen LogP contribution in [0.5, 0.6) is 0 Å². The topological polar surface area (TPSA) is 81.8 Å². The van der Waals surface area contributed by atoms with Gasteiger partial charge in [-0.3, -0.25) is 14.5 Å². The number of rotatable bonds is 7. The lowest BCUT2D eigenvalue weighted by atomic mass is 10.1. The summed E-state index contributed by atoms with van der Waals surface area (Å²) < 4.78 is 0. The Morgan fingerprint density at radius 1 is 1.04 bits per heavy atom. The molecule has 146 valence electrons. The Morgan fingerprint density at radius 2 is 1.74 bits per heavy atom. The quantitative estimate of drug-likeness (QED) is 0.564. The van der Waals surface area contributed by atoms with Crippen molar-refractivity contribution in [3.63, 3.8) is 0 Å². The average molecular weight is 372 g/mol. The predicted molar refractivity (Wildman–Crippen MR) is 102 cm³/mol. The first-order valence-electron chi connectivity index (χ1n) is 9.81. The van der Waals surface area contributed by atoms with Gasteiger partial charge in [0.15, 0.2) is 0 Å². The first kappa shape index (κ1) is 19.4. The van der Waals surface area contributed by atoms with Gasteiger partial charge in [0.2, 0.25) is 5.91 Å². The van der Waals surface area contributed by atoms with Crippen LogP contribution in [-0.2, 0) is 11.3 Å². The molecule has 0 saturated carbocycles. The van der Waals surface area contributed by atoms with Crippen molar-refractivity contribution in [3.05, 3.63) is 35.4 Å². The van der Waals surface area contributed by atoms with Crippen LogP contribution in [0.3, 0.4) is 0 Å². The fourth-order valence-corrected chi connectivity index (χ4v) is 3.53. The van der Waals surface area contributed by atoms with Crippen molar-refractivity contribution < 1.29 is 14.4 Å². The Balaban J connectivity index is 1.40. The fourth-order valence-electron chi connectivity index (χ4n) is 3.53. The normalized spacial score (nSPS) is 18.3. The molecule has 2 saturated heterocycles. The number of amides is 4. The van der Waals surface area contributed by atoms with E-state index >= 15 is 0 Å². The second kappa shape index (κ2) is 9.50. The van der Waals surface area contributed by atoms with Gasteiger partial charge in [-0.05, 0) is 56.6 Å². The third-order valence-corrected chi connectivity index (χ3v) is 5.13. The molecule has 2 heterocycles. The number of benzene rings is 1. The van der Waals surface area contributed by atoms with E-state index in [0.717, 1.165) is 18.5 Å². The van der Waals surface area contributed by atoms with Gasteiger partial charge in [-0.1, -0.05) is 25.0 Å². The Hall–Kier alpha value is -2.41. The number of urea groups is 1. The SMILES string of the molecule is O=C(NCCCN1CCCCCC1)c1ccc(CN2C(=O)CNC2=O)cc1. The maximum atomic E-state index is 12.3. The molecule has 0 aliphatic carbocycles. The summed E-state index contributed by atoms with van der Waals surface area (Å²) in [5.41, 5.74) is 1.41. The smallest absolute Gasteiger partial charge is 0.324 e. The number of hydrogen-bond acceptors (Lipinski definition) is 4. The van der Waals surface area contributed by atoms with Crippen molar-refractivity contribution in [1.29, 1.82) is 0 Å². The van der Waals surface area contributed by atoms with Crippen LogP contribution in [0.1, 0.15) is 48.0 Å². The van der Waals surface area contributed by atoms with E-state index in [4.69, 9.17) is 0 Å². The van der Waals surface area contributed by atoms with Crippen LogP contribution in [0.15, 0.2) is 24.3 Å². The van der Waals surface area contributed by atoms with Crippen molar-refractivity contribution in [2.24, 2.45) is 0 Å². The van der Waals surface area contributed by atoms with Crippen LogP contribution in [0.4, 0.5) is 4.79 Å². The number of hydrogen-bond donors (Lipinski definition) is 2. The standard InChI is InChI=1S/C20H28N4O3/c25-18-14-22-20(27)24(18)15-16-6-8-17(9-7-16)19(26)21-10-5-13-23-11-3-1-2-4-12-23/h6-9H,1-5,10-15H2,(H,21,26)(H,22,27). The molecule has 3 rings (SSSR count). The first-order chi connectivity index (χ1) is 13.1. The minimum atomic E-state index is -0.369. The molecule has 27 heavy (non-hydrogen) atoms. The van der Waals surface area contributed by atoms with Crippen LogP contribution in [0.25, 0.3) is 0 Å².